The van der Waals surface area contributed by atoms with Crippen LogP contribution in [0.3, 0.4) is 0 Å². The summed E-state index contributed by atoms with van der Waals surface area (Å²) in [6, 6.07) is 4.29. The van der Waals surface area contributed by atoms with E-state index >= 15 is 0 Å². The van der Waals surface area contributed by atoms with Gasteiger partial charge in [-0.2, -0.15) is 0 Å². The fourth-order valence-corrected chi connectivity index (χ4v) is 2.41. The quantitative estimate of drug-likeness (QED) is 0.396. The lowest BCUT2D eigenvalue weighted by Gasteiger charge is -2.21. The van der Waals surface area contributed by atoms with E-state index in [1.54, 1.807) is 13.4 Å². The summed E-state index contributed by atoms with van der Waals surface area (Å²) in [5.41, 5.74) is 0. The third-order valence-electron chi connectivity index (χ3n) is 3.88. The molecule has 0 aromatic carbocycles. The van der Waals surface area contributed by atoms with Crippen molar-refractivity contribution < 1.29 is 9.15 Å². The SMILES string of the molecule is CCCCN=C(NCCc1ccco1)NC(COC)C1CC1. The lowest BCUT2D eigenvalue weighted by molar-refractivity contribution is 0.165. The predicted molar refractivity (Wildman–Crippen MR) is 89.1 cm³/mol. The smallest absolute Gasteiger partial charge is 0.191 e. The van der Waals surface area contributed by atoms with Crippen molar-refractivity contribution in [3.63, 3.8) is 0 Å². The number of hydrogen-bond donors (Lipinski definition) is 2. The molecule has 2 rings (SSSR count). The molecule has 1 fully saturated rings. The number of methoxy groups -OCH3 is 1. The Morgan fingerprint density at radius 2 is 2.36 bits per heavy atom. The Bertz CT molecular complexity index is 427. The predicted octanol–water partition coefficient (Wildman–Crippen LogP) is 2.58. The van der Waals surface area contributed by atoms with Crippen molar-refractivity contribution in [3.8, 4) is 0 Å². The van der Waals surface area contributed by atoms with Crippen molar-refractivity contribution in [2.24, 2.45) is 10.9 Å². The molecule has 1 aliphatic rings. The Balaban J connectivity index is 1.82. The van der Waals surface area contributed by atoms with Crippen molar-refractivity contribution in [1.82, 2.24) is 10.6 Å². The van der Waals surface area contributed by atoms with Crippen molar-refractivity contribution >= 4 is 5.96 Å². The molecule has 1 atom stereocenters. The number of furan rings is 1. The zero-order valence-corrected chi connectivity index (χ0v) is 13.8. The maximum atomic E-state index is 5.36. The first-order valence-electron chi connectivity index (χ1n) is 8.39. The minimum absolute atomic E-state index is 0.362. The summed E-state index contributed by atoms with van der Waals surface area (Å²) in [6.07, 6.45) is 7.42. The van der Waals surface area contributed by atoms with Crippen LogP contribution >= 0.6 is 0 Å². The summed E-state index contributed by atoms with van der Waals surface area (Å²) < 4.78 is 10.7. The van der Waals surface area contributed by atoms with Crippen LogP contribution in [0.4, 0.5) is 0 Å². The van der Waals surface area contributed by atoms with Gasteiger partial charge in [0.15, 0.2) is 5.96 Å². The fourth-order valence-electron chi connectivity index (χ4n) is 2.41. The van der Waals surface area contributed by atoms with Crippen LogP contribution in [0.15, 0.2) is 27.8 Å². The molecule has 2 N–H and O–H groups in total. The molecule has 124 valence electrons. The second kappa shape index (κ2) is 9.51. The van der Waals surface area contributed by atoms with Crippen molar-refractivity contribution in [2.45, 2.75) is 45.1 Å². The molecular weight excluding hydrogens is 278 g/mol. The molecule has 0 saturated heterocycles. The summed E-state index contributed by atoms with van der Waals surface area (Å²) in [7, 11) is 1.76. The standard InChI is InChI=1S/C17H29N3O2/c1-3-4-10-18-17(19-11-9-15-6-5-12-22-15)20-16(13-21-2)14-7-8-14/h5-6,12,14,16H,3-4,7-11,13H2,1-2H3,(H2,18,19,20). The van der Waals surface area contributed by atoms with Crippen molar-refractivity contribution in [2.75, 3.05) is 26.8 Å². The lowest BCUT2D eigenvalue weighted by atomic mass is 10.2. The molecule has 22 heavy (non-hydrogen) atoms. The number of rotatable bonds is 10. The molecular formula is C17H29N3O2. The Morgan fingerprint density at radius 3 is 3.00 bits per heavy atom. The molecule has 1 unspecified atom stereocenters. The Morgan fingerprint density at radius 1 is 1.50 bits per heavy atom. The van der Waals surface area contributed by atoms with Crippen LogP contribution in [0.25, 0.3) is 0 Å². The highest BCUT2D eigenvalue weighted by Gasteiger charge is 2.31. The summed E-state index contributed by atoms with van der Waals surface area (Å²) in [4.78, 5) is 4.67. The Kier molecular flexibility index (Phi) is 7.30. The summed E-state index contributed by atoms with van der Waals surface area (Å²) >= 11 is 0. The maximum absolute atomic E-state index is 5.36. The minimum Gasteiger partial charge on any atom is -0.469 e. The normalized spacial score (nSPS) is 16.5. The van der Waals surface area contributed by atoms with E-state index in [1.807, 2.05) is 12.1 Å². The van der Waals surface area contributed by atoms with Gasteiger partial charge >= 0.3 is 0 Å². The summed E-state index contributed by atoms with van der Waals surface area (Å²) in [6.45, 7) is 4.59. The maximum Gasteiger partial charge on any atom is 0.191 e. The molecule has 0 aliphatic heterocycles. The Labute approximate surface area is 133 Å². The number of ether oxygens (including phenoxy) is 1. The van der Waals surface area contributed by atoms with E-state index in [4.69, 9.17) is 9.15 Å². The van der Waals surface area contributed by atoms with E-state index in [0.717, 1.165) is 56.6 Å². The molecule has 5 nitrogen and oxygen atoms in total. The van der Waals surface area contributed by atoms with Crippen molar-refractivity contribution in [1.29, 1.82) is 0 Å². The number of hydrogen-bond acceptors (Lipinski definition) is 3. The molecule has 1 aromatic heterocycles. The molecule has 0 bridgehead atoms. The zero-order chi connectivity index (χ0) is 15.6. The number of guanidine groups is 1. The monoisotopic (exact) mass is 307 g/mol. The molecule has 1 aliphatic carbocycles. The van der Waals surface area contributed by atoms with Gasteiger partial charge in [0.05, 0.1) is 18.9 Å². The summed E-state index contributed by atoms with van der Waals surface area (Å²) in [5, 5.41) is 6.95. The van der Waals surface area contributed by atoms with Gasteiger partial charge in [-0.3, -0.25) is 4.99 Å². The average Bonchev–Trinajstić information content (AvgIpc) is 3.24. The Hall–Kier alpha value is -1.49. The van der Waals surface area contributed by atoms with Crippen LogP contribution in [-0.4, -0.2) is 38.8 Å². The molecule has 1 heterocycles. The van der Waals surface area contributed by atoms with E-state index in [2.05, 4.69) is 22.5 Å². The van der Waals surface area contributed by atoms with E-state index in [-0.39, 0.29) is 0 Å². The van der Waals surface area contributed by atoms with Crippen LogP contribution in [0.5, 0.6) is 0 Å². The van der Waals surface area contributed by atoms with Crippen LogP contribution < -0.4 is 10.6 Å². The number of nitrogens with one attached hydrogen (secondary N) is 2. The fraction of sp³-hybridized carbons (Fsp3) is 0.706. The third-order valence-corrected chi connectivity index (χ3v) is 3.88. The number of aliphatic imine (C=N–C) groups is 1. The first-order chi connectivity index (χ1) is 10.8. The lowest BCUT2D eigenvalue weighted by Crippen LogP contribution is -2.47. The van der Waals surface area contributed by atoms with Gasteiger partial charge in [-0.1, -0.05) is 13.3 Å². The van der Waals surface area contributed by atoms with E-state index in [0.29, 0.717) is 6.04 Å². The second-order valence-electron chi connectivity index (χ2n) is 5.88. The average molecular weight is 307 g/mol. The number of nitrogens with zero attached hydrogens (tertiary/aromatic N) is 1. The zero-order valence-electron chi connectivity index (χ0n) is 13.8. The van der Waals surface area contributed by atoms with Gasteiger partial charge in [0, 0.05) is 26.6 Å². The minimum atomic E-state index is 0.362. The highest BCUT2D eigenvalue weighted by atomic mass is 16.5. The van der Waals surface area contributed by atoms with Crippen LogP contribution in [0, 0.1) is 5.92 Å². The van der Waals surface area contributed by atoms with Gasteiger partial charge in [-0.25, -0.2) is 0 Å². The van der Waals surface area contributed by atoms with Crippen LogP contribution in [0.2, 0.25) is 0 Å². The largest absolute Gasteiger partial charge is 0.469 e. The highest BCUT2D eigenvalue weighted by molar-refractivity contribution is 5.80. The van der Waals surface area contributed by atoms with E-state index in [1.165, 1.54) is 12.8 Å². The van der Waals surface area contributed by atoms with E-state index < -0.39 is 0 Å². The first kappa shape index (κ1) is 16.9. The van der Waals surface area contributed by atoms with Gasteiger partial charge < -0.3 is 19.8 Å². The summed E-state index contributed by atoms with van der Waals surface area (Å²) in [5.74, 6) is 2.62. The van der Waals surface area contributed by atoms with Crippen LogP contribution in [0.1, 0.15) is 38.4 Å². The van der Waals surface area contributed by atoms with Gasteiger partial charge in [0.1, 0.15) is 5.76 Å². The number of unbranched alkanes of at least 4 members (excludes halogenated alkanes) is 1. The second-order valence-corrected chi connectivity index (χ2v) is 5.88. The van der Waals surface area contributed by atoms with Gasteiger partial charge in [-0.05, 0) is 37.3 Å². The van der Waals surface area contributed by atoms with Gasteiger partial charge in [0.25, 0.3) is 0 Å². The molecule has 5 heteroatoms. The first-order valence-corrected chi connectivity index (χ1v) is 8.39. The van der Waals surface area contributed by atoms with Crippen LogP contribution in [-0.2, 0) is 11.2 Å². The molecule has 1 saturated carbocycles. The third kappa shape index (κ3) is 6.10. The molecule has 0 amide bonds. The topological polar surface area (TPSA) is 58.8 Å². The highest BCUT2D eigenvalue weighted by Crippen LogP contribution is 2.32. The van der Waals surface area contributed by atoms with Gasteiger partial charge in [0.2, 0.25) is 0 Å². The van der Waals surface area contributed by atoms with Crippen molar-refractivity contribution in [3.05, 3.63) is 24.2 Å². The molecule has 1 aromatic rings. The molecule has 0 spiro atoms. The van der Waals surface area contributed by atoms with Gasteiger partial charge in [-0.15, -0.1) is 0 Å². The van der Waals surface area contributed by atoms with E-state index in [9.17, 15) is 0 Å². The molecule has 0 radical (unpaired) electrons.